The Morgan fingerprint density at radius 1 is 1.26 bits per heavy atom. The summed E-state index contributed by atoms with van der Waals surface area (Å²) < 4.78 is 0.921. The van der Waals surface area contributed by atoms with E-state index in [0.29, 0.717) is 12.1 Å². The van der Waals surface area contributed by atoms with Crippen LogP contribution in [0.1, 0.15) is 16.7 Å². The minimum Gasteiger partial charge on any atom is -0.508 e. The van der Waals surface area contributed by atoms with Crippen LogP contribution in [0.3, 0.4) is 0 Å². The molecule has 4 heteroatoms. The Morgan fingerprint density at radius 2 is 2.05 bits per heavy atom. The second-order valence-corrected chi connectivity index (χ2v) is 5.18. The van der Waals surface area contributed by atoms with Crippen LogP contribution in [0.25, 0.3) is 0 Å². The summed E-state index contributed by atoms with van der Waals surface area (Å²) in [6.07, 6.45) is 0. The molecule has 0 spiro atoms. The smallest absolute Gasteiger partial charge is 0.120 e. The van der Waals surface area contributed by atoms with Crippen LogP contribution in [-0.4, -0.2) is 5.11 Å². The molecule has 0 radical (unpaired) electrons. The van der Waals surface area contributed by atoms with Crippen molar-refractivity contribution >= 4 is 21.6 Å². The first-order valence-corrected chi connectivity index (χ1v) is 6.61. The number of rotatable bonds is 3. The fourth-order valence-electron chi connectivity index (χ4n) is 1.77. The van der Waals surface area contributed by atoms with Crippen molar-refractivity contribution in [3.8, 4) is 11.8 Å². The van der Waals surface area contributed by atoms with Crippen LogP contribution in [0, 0.1) is 18.3 Å². The van der Waals surface area contributed by atoms with Gasteiger partial charge in [-0.1, -0.05) is 22.0 Å². The van der Waals surface area contributed by atoms with Gasteiger partial charge in [-0.25, -0.2) is 0 Å². The first kappa shape index (κ1) is 13.4. The molecule has 0 unspecified atom stereocenters. The molecule has 3 nitrogen and oxygen atoms in total. The molecule has 0 amide bonds. The molecule has 2 N–H and O–H groups in total. The Hall–Kier alpha value is -1.99. The Bertz CT molecular complexity index is 647. The van der Waals surface area contributed by atoms with Crippen LogP contribution in [0.2, 0.25) is 0 Å². The molecule has 0 aliphatic heterocycles. The van der Waals surface area contributed by atoms with Crippen molar-refractivity contribution in [1.82, 2.24) is 0 Å². The van der Waals surface area contributed by atoms with Gasteiger partial charge in [-0.05, 0) is 42.8 Å². The van der Waals surface area contributed by atoms with Gasteiger partial charge in [-0.2, -0.15) is 5.26 Å². The van der Waals surface area contributed by atoms with Gasteiger partial charge in [0.05, 0.1) is 11.6 Å². The van der Waals surface area contributed by atoms with E-state index in [0.717, 1.165) is 21.3 Å². The van der Waals surface area contributed by atoms with E-state index in [1.807, 2.05) is 25.1 Å². The second-order valence-electron chi connectivity index (χ2n) is 4.27. The van der Waals surface area contributed by atoms with Crippen molar-refractivity contribution in [2.24, 2.45) is 0 Å². The third-order valence-electron chi connectivity index (χ3n) is 2.88. The Labute approximate surface area is 120 Å². The lowest BCUT2D eigenvalue weighted by Gasteiger charge is -2.11. The van der Waals surface area contributed by atoms with E-state index in [4.69, 9.17) is 5.26 Å². The largest absolute Gasteiger partial charge is 0.508 e. The SMILES string of the molecule is Cc1ccc(C#N)cc1NCc1cc(Br)ccc1O. The van der Waals surface area contributed by atoms with E-state index >= 15 is 0 Å². The number of aryl methyl sites for hydroxylation is 1. The molecule has 0 aliphatic carbocycles. The number of aromatic hydroxyl groups is 1. The van der Waals surface area contributed by atoms with Crippen molar-refractivity contribution < 1.29 is 5.11 Å². The van der Waals surface area contributed by atoms with Crippen molar-refractivity contribution in [2.45, 2.75) is 13.5 Å². The number of hydrogen-bond acceptors (Lipinski definition) is 3. The van der Waals surface area contributed by atoms with Gasteiger partial charge in [0.15, 0.2) is 0 Å². The highest BCUT2D eigenvalue weighted by Crippen LogP contribution is 2.24. The lowest BCUT2D eigenvalue weighted by molar-refractivity contribution is 0.469. The summed E-state index contributed by atoms with van der Waals surface area (Å²) in [6, 6.07) is 12.9. The average Bonchev–Trinajstić information content (AvgIpc) is 2.41. The molecule has 0 bridgehead atoms. The number of nitrogens with one attached hydrogen (secondary N) is 1. The Kier molecular flexibility index (Phi) is 4.08. The quantitative estimate of drug-likeness (QED) is 0.901. The summed E-state index contributed by atoms with van der Waals surface area (Å²) in [5.74, 6) is 0.254. The Morgan fingerprint density at radius 3 is 2.79 bits per heavy atom. The summed E-state index contributed by atoms with van der Waals surface area (Å²) >= 11 is 3.38. The maximum atomic E-state index is 9.77. The molecule has 0 aromatic heterocycles. The lowest BCUT2D eigenvalue weighted by Crippen LogP contribution is -2.01. The van der Waals surface area contributed by atoms with Gasteiger partial charge < -0.3 is 10.4 Å². The van der Waals surface area contributed by atoms with Crippen molar-refractivity contribution in [3.05, 3.63) is 57.6 Å². The van der Waals surface area contributed by atoms with E-state index in [1.54, 1.807) is 18.2 Å². The van der Waals surface area contributed by atoms with Crippen molar-refractivity contribution in [1.29, 1.82) is 5.26 Å². The second kappa shape index (κ2) is 5.77. The Balaban J connectivity index is 2.19. The topological polar surface area (TPSA) is 56.0 Å². The molecule has 0 heterocycles. The van der Waals surface area contributed by atoms with Crippen LogP contribution in [-0.2, 0) is 6.54 Å². The van der Waals surface area contributed by atoms with Crippen LogP contribution in [0.5, 0.6) is 5.75 Å². The zero-order valence-electron chi connectivity index (χ0n) is 10.4. The van der Waals surface area contributed by atoms with Crippen molar-refractivity contribution in [2.75, 3.05) is 5.32 Å². The van der Waals surface area contributed by atoms with Crippen LogP contribution < -0.4 is 5.32 Å². The number of phenolic OH excluding ortho intramolecular Hbond substituents is 1. The van der Waals surface area contributed by atoms with Crippen molar-refractivity contribution in [3.63, 3.8) is 0 Å². The molecule has 2 aromatic rings. The molecular formula is C15H13BrN2O. The number of hydrogen-bond donors (Lipinski definition) is 2. The third-order valence-corrected chi connectivity index (χ3v) is 3.37. The summed E-state index contributed by atoms with van der Waals surface area (Å²) in [5.41, 5.74) is 3.38. The predicted molar refractivity (Wildman–Crippen MR) is 79.0 cm³/mol. The highest BCUT2D eigenvalue weighted by atomic mass is 79.9. The standard InChI is InChI=1S/C15H13BrN2O/c1-10-2-3-11(8-17)6-14(10)18-9-12-7-13(16)4-5-15(12)19/h2-7,18-19H,9H2,1H3. The van der Waals surface area contributed by atoms with E-state index in [-0.39, 0.29) is 5.75 Å². The summed E-state index contributed by atoms with van der Waals surface area (Å²) in [6.45, 7) is 2.48. The average molecular weight is 317 g/mol. The van der Waals surface area contributed by atoms with E-state index in [2.05, 4.69) is 27.3 Å². The first-order chi connectivity index (χ1) is 9.10. The molecule has 2 rings (SSSR count). The minimum atomic E-state index is 0.254. The van der Waals surface area contributed by atoms with Gasteiger partial charge in [-0.15, -0.1) is 0 Å². The molecule has 19 heavy (non-hydrogen) atoms. The molecule has 0 saturated carbocycles. The van der Waals surface area contributed by atoms with Gasteiger partial charge in [0, 0.05) is 22.3 Å². The minimum absolute atomic E-state index is 0.254. The zero-order valence-corrected chi connectivity index (χ0v) is 12.0. The number of anilines is 1. The molecule has 0 saturated heterocycles. The highest BCUT2D eigenvalue weighted by molar-refractivity contribution is 9.10. The predicted octanol–water partition coefficient (Wildman–Crippen LogP) is 3.95. The van der Waals surface area contributed by atoms with Gasteiger partial charge in [0.25, 0.3) is 0 Å². The summed E-state index contributed by atoms with van der Waals surface area (Å²) in [4.78, 5) is 0. The maximum Gasteiger partial charge on any atom is 0.120 e. The van der Waals surface area contributed by atoms with Crippen LogP contribution in [0.15, 0.2) is 40.9 Å². The molecule has 0 atom stereocenters. The normalized spacial score (nSPS) is 9.95. The van der Waals surface area contributed by atoms with E-state index in [9.17, 15) is 5.11 Å². The molecule has 2 aromatic carbocycles. The van der Waals surface area contributed by atoms with Crippen LogP contribution in [0.4, 0.5) is 5.69 Å². The first-order valence-electron chi connectivity index (χ1n) is 5.82. The number of halogens is 1. The number of phenols is 1. The van der Waals surface area contributed by atoms with Gasteiger partial charge >= 0.3 is 0 Å². The molecular weight excluding hydrogens is 304 g/mol. The fraction of sp³-hybridized carbons (Fsp3) is 0.133. The zero-order chi connectivity index (χ0) is 13.8. The number of nitrogens with zero attached hydrogens (tertiary/aromatic N) is 1. The summed E-state index contributed by atoms with van der Waals surface area (Å²) in [7, 11) is 0. The molecule has 0 fully saturated rings. The maximum absolute atomic E-state index is 9.77. The van der Waals surface area contributed by atoms with Gasteiger partial charge in [0.1, 0.15) is 5.75 Å². The molecule has 0 aliphatic rings. The fourth-order valence-corrected chi connectivity index (χ4v) is 2.18. The number of nitriles is 1. The lowest BCUT2D eigenvalue weighted by atomic mass is 10.1. The third kappa shape index (κ3) is 3.27. The molecule has 96 valence electrons. The monoisotopic (exact) mass is 316 g/mol. The summed E-state index contributed by atoms with van der Waals surface area (Å²) in [5, 5.41) is 21.9. The highest BCUT2D eigenvalue weighted by Gasteiger charge is 2.04. The van der Waals surface area contributed by atoms with Gasteiger partial charge in [-0.3, -0.25) is 0 Å². The van der Waals surface area contributed by atoms with Gasteiger partial charge in [0.2, 0.25) is 0 Å². The van der Waals surface area contributed by atoms with Crippen LogP contribution >= 0.6 is 15.9 Å². The van der Waals surface area contributed by atoms with E-state index < -0.39 is 0 Å². The van der Waals surface area contributed by atoms with E-state index in [1.165, 1.54) is 0 Å². The number of benzene rings is 2.